The number of carbonyl (C=O) groups excluding carboxylic acids is 2. The molecule has 0 saturated carbocycles. The lowest BCUT2D eigenvalue weighted by Gasteiger charge is -2.20. The van der Waals surface area contributed by atoms with E-state index in [-0.39, 0.29) is 41.4 Å². The van der Waals surface area contributed by atoms with E-state index in [1.807, 2.05) is 12.1 Å². The van der Waals surface area contributed by atoms with E-state index < -0.39 is 33.5 Å². The molecule has 12 heteroatoms. The third-order valence-electron chi connectivity index (χ3n) is 7.55. The SMILES string of the molecule is CC(C)(C)COc1ccc(C(Cc2ccc(C(=O)CCCS(=O)(=O)O)cc2)C(=O)Nc2ccc(-c3ccc(C(F)(F)F)cc3Cl)cc2)cc1. The van der Waals surface area contributed by atoms with E-state index >= 15 is 0 Å². The van der Waals surface area contributed by atoms with Crippen LogP contribution < -0.4 is 10.1 Å². The van der Waals surface area contributed by atoms with E-state index in [1.54, 1.807) is 60.7 Å². The standard InChI is InChI=1S/C37H37ClF3NO6S/c1-36(2,3)23-48-30-17-12-26(13-18-30)32(21-24-6-8-27(9-7-24)34(43)5-4-20-49(45,46)47)35(44)42-29-15-10-25(11-16-29)31-19-14-28(22-33(31)38)37(39,40)41/h6-19,22,32H,4-5,20-21,23H2,1-3H3,(H,42,44)(H,45,46,47). The van der Waals surface area contributed by atoms with Crippen molar-refractivity contribution in [3.05, 3.63) is 118 Å². The summed E-state index contributed by atoms with van der Waals surface area (Å²) in [6.07, 6.45) is -4.28. The zero-order valence-corrected chi connectivity index (χ0v) is 28.8. The molecule has 260 valence electrons. The number of Topliss-reactive ketones (excluding diaryl/α,β-unsaturated/α-hetero) is 1. The number of hydrogen-bond acceptors (Lipinski definition) is 5. The summed E-state index contributed by atoms with van der Waals surface area (Å²) in [6, 6.07) is 23.7. The van der Waals surface area contributed by atoms with Crippen molar-refractivity contribution in [1.29, 1.82) is 0 Å². The number of nitrogens with one attached hydrogen (secondary N) is 1. The third-order valence-corrected chi connectivity index (χ3v) is 8.67. The van der Waals surface area contributed by atoms with Crippen molar-refractivity contribution >= 4 is 39.1 Å². The molecule has 0 bridgehead atoms. The number of hydrogen-bond donors (Lipinski definition) is 2. The van der Waals surface area contributed by atoms with Crippen molar-refractivity contribution < 1.29 is 40.5 Å². The van der Waals surface area contributed by atoms with Crippen LogP contribution in [0.4, 0.5) is 18.9 Å². The van der Waals surface area contributed by atoms with Crippen molar-refractivity contribution in [2.24, 2.45) is 5.41 Å². The molecular formula is C37H37ClF3NO6S. The molecule has 0 fully saturated rings. The highest BCUT2D eigenvalue weighted by Gasteiger charge is 2.31. The summed E-state index contributed by atoms with van der Waals surface area (Å²) in [4.78, 5) is 26.3. The van der Waals surface area contributed by atoms with Crippen LogP contribution in [0.1, 0.15) is 66.6 Å². The molecule has 49 heavy (non-hydrogen) atoms. The monoisotopic (exact) mass is 715 g/mol. The summed E-state index contributed by atoms with van der Waals surface area (Å²) in [7, 11) is -4.15. The minimum absolute atomic E-state index is 0.00448. The summed E-state index contributed by atoms with van der Waals surface area (Å²) >= 11 is 6.17. The van der Waals surface area contributed by atoms with Gasteiger partial charge in [0.2, 0.25) is 5.91 Å². The van der Waals surface area contributed by atoms with Gasteiger partial charge in [0.15, 0.2) is 5.78 Å². The van der Waals surface area contributed by atoms with Crippen LogP contribution in [0.25, 0.3) is 11.1 Å². The fourth-order valence-electron chi connectivity index (χ4n) is 4.97. The molecular weight excluding hydrogens is 679 g/mol. The smallest absolute Gasteiger partial charge is 0.416 e. The fraction of sp³-hybridized carbons (Fsp3) is 0.297. The van der Waals surface area contributed by atoms with E-state index in [2.05, 4.69) is 26.1 Å². The van der Waals surface area contributed by atoms with Gasteiger partial charge in [-0.3, -0.25) is 14.1 Å². The lowest BCUT2D eigenvalue weighted by atomic mass is 9.90. The Kier molecular flexibility index (Phi) is 12.0. The van der Waals surface area contributed by atoms with Gasteiger partial charge in [-0.25, -0.2) is 0 Å². The Morgan fingerprint density at radius 1 is 0.898 bits per heavy atom. The first-order chi connectivity index (χ1) is 22.9. The highest BCUT2D eigenvalue weighted by Crippen LogP contribution is 2.36. The first-order valence-corrected chi connectivity index (χ1v) is 17.4. The normalized spacial score (nSPS) is 12.7. The summed E-state index contributed by atoms with van der Waals surface area (Å²) in [5.41, 5.74) is 2.45. The van der Waals surface area contributed by atoms with E-state index in [0.717, 1.165) is 23.3 Å². The van der Waals surface area contributed by atoms with Gasteiger partial charge in [0, 0.05) is 28.3 Å². The van der Waals surface area contributed by atoms with E-state index in [9.17, 15) is 31.2 Å². The van der Waals surface area contributed by atoms with Crippen molar-refractivity contribution in [1.82, 2.24) is 0 Å². The molecule has 0 heterocycles. The lowest BCUT2D eigenvalue weighted by molar-refractivity contribution is -0.137. The Hall–Kier alpha value is -4.19. The van der Waals surface area contributed by atoms with Gasteiger partial charge in [0.1, 0.15) is 5.75 Å². The zero-order valence-electron chi connectivity index (χ0n) is 27.2. The Morgan fingerprint density at radius 2 is 1.53 bits per heavy atom. The maximum atomic E-state index is 13.8. The molecule has 0 aromatic heterocycles. The zero-order chi connectivity index (χ0) is 36.0. The van der Waals surface area contributed by atoms with Crippen LogP contribution in [0.2, 0.25) is 5.02 Å². The van der Waals surface area contributed by atoms with Gasteiger partial charge in [0.25, 0.3) is 10.1 Å². The van der Waals surface area contributed by atoms with Gasteiger partial charge in [-0.1, -0.05) is 87.0 Å². The minimum atomic E-state index is -4.51. The minimum Gasteiger partial charge on any atom is -0.493 e. The first-order valence-electron chi connectivity index (χ1n) is 15.5. The molecule has 2 N–H and O–H groups in total. The summed E-state index contributed by atoms with van der Waals surface area (Å²) in [6.45, 7) is 6.69. The largest absolute Gasteiger partial charge is 0.493 e. The van der Waals surface area contributed by atoms with Crippen LogP contribution in [-0.4, -0.2) is 37.0 Å². The molecule has 4 aromatic carbocycles. The number of benzene rings is 4. The molecule has 1 amide bonds. The molecule has 4 rings (SSSR count). The Balaban J connectivity index is 1.53. The van der Waals surface area contributed by atoms with E-state index in [0.29, 0.717) is 34.7 Å². The highest BCUT2D eigenvalue weighted by atomic mass is 35.5. The molecule has 7 nitrogen and oxygen atoms in total. The Morgan fingerprint density at radius 3 is 2.08 bits per heavy atom. The number of halogens is 4. The van der Waals surface area contributed by atoms with Gasteiger partial charge in [-0.15, -0.1) is 0 Å². The first kappa shape index (κ1) is 37.6. The second-order valence-electron chi connectivity index (χ2n) is 12.9. The molecule has 1 atom stereocenters. The predicted molar refractivity (Wildman–Crippen MR) is 185 cm³/mol. The second kappa shape index (κ2) is 15.6. The van der Waals surface area contributed by atoms with Crippen LogP contribution in [0, 0.1) is 5.41 Å². The van der Waals surface area contributed by atoms with Crippen molar-refractivity contribution in [2.75, 3.05) is 17.7 Å². The Labute approximate surface area is 289 Å². The molecule has 0 aliphatic carbocycles. The predicted octanol–water partition coefficient (Wildman–Crippen LogP) is 9.27. The van der Waals surface area contributed by atoms with Crippen molar-refractivity contribution in [2.45, 2.75) is 52.1 Å². The second-order valence-corrected chi connectivity index (χ2v) is 14.9. The van der Waals surface area contributed by atoms with Gasteiger partial charge in [0.05, 0.1) is 23.8 Å². The van der Waals surface area contributed by atoms with Gasteiger partial charge in [-0.05, 0) is 71.3 Å². The molecule has 0 radical (unpaired) electrons. The Bertz CT molecular complexity index is 1870. The van der Waals surface area contributed by atoms with Crippen molar-refractivity contribution in [3.8, 4) is 16.9 Å². The average Bonchev–Trinajstić information content (AvgIpc) is 3.02. The number of alkyl halides is 3. The third kappa shape index (κ3) is 11.4. The number of carbonyl (C=O) groups is 2. The summed E-state index contributed by atoms with van der Waals surface area (Å²) in [5, 5.41) is 2.88. The van der Waals surface area contributed by atoms with Gasteiger partial charge in [-0.2, -0.15) is 21.6 Å². The molecule has 0 aliphatic rings. The highest BCUT2D eigenvalue weighted by molar-refractivity contribution is 7.85. The summed E-state index contributed by atoms with van der Waals surface area (Å²) in [5.74, 6) is -1.08. The number of ketones is 1. The molecule has 1 unspecified atom stereocenters. The van der Waals surface area contributed by atoms with Gasteiger partial charge >= 0.3 is 6.18 Å². The van der Waals surface area contributed by atoms with Gasteiger partial charge < -0.3 is 10.1 Å². The topological polar surface area (TPSA) is 110 Å². The molecule has 0 saturated heterocycles. The average molecular weight is 716 g/mol. The fourth-order valence-corrected chi connectivity index (χ4v) is 5.77. The van der Waals surface area contributed by atoms with Crippen LogP contribution in [0.5, 0.6) is 5.75 Å². The number of ether oxygens (including phenoxy) is 1. The van der Waals surface area contributed by atoms with Crippen LogP contribution in [0.3, 0.4) is 0 Å². The maximum absolute atomic E-state index is 13.8. The number of amides is 1. The van der Waals surface area contributed by atoms with Crippen LogP contribution >= 0.6 is 11.6 Å². The van der Waals surface area contributed by atoms with Crippen LogP contribution in [-0.2, 0) is 27.5 Å². The lowest BCUT2D eigenvalue weighted by Crippen LogP contribution is -2.23. The quantitative estimate of drug-likeness (QED) is 0.106. The summed E-state index contributed by atoms with van der Waals surface area (Å²) < 4.78 is 76.0. The number of anilines is 1. The molecule has 0 aliphatic heterocycles. The van der Waals surface area contributed by atoms with E-state index in [1.165, 1.54) is 6.07 Å². The van der Waals surface area contributed by atoms with E-state index in [4.69, 9.17) is 20.9 Å². The van der Waals surface area contributed by atoms with Crippen molar-refractivity contribution in [3.63, 3.8) is 0 Å². The van der Waals surface area contributed by atoms with Crippen LogP contribution in [0.15, 0.2) is 91.0 Å². The maximum Gasteiger partial charge on any atom is 0.416 e. The number of rotatable bonds is 13. The molecule has 4 aromatic rings. The molecule has 0 spiro atoms.